The largest absolute Gasteiger partial charge is 0.378 e. The van der Waals surface area contributed by atoms with Gasteiger partial charge in [0.25, 0.3) is 0 Å². The van der Waals surface area contributed by atoms with Crippen molar-refractivity contribution in [1.82, 2.24) is 19.6 Å². The van der Waals surface area contributed by atoms with Crippen LogP contribution in [0, 0.1) is 19.8 Å². The van der Waals surface area contributed by atoms with E-state index in [-0.39, 0.29) is 5.95 Å². The predicted octanol–water partition coefficient (Wildman–Crippen LogP) is 3.05. The summed E-state index contributed by atoms with van der Waals surface area (Å²) in [6.07, 6.45) is 1.96. The van der Waals surface area contributed by atoms with Gasteiger partial charge in [0.15, 0.2) is 0 Å². The number of hydrogen-bond acceptors (Lipinski definition) is 3. The van der Waals surface area contributed by atoms with Gasteiger partial charge in [-0.25, -0.2) is 4.68 Å². The zero-order valence-corrected chi connectivity index (χ0v) is 12.7. The lowest BCUT2D eigenvalue weighted by Gasteiger charge is -2.05. The summed E-state index contributed by atoms with van der Waals surface area (Å²) in [4.78, 5) is 0. The lowest BCUT2D eigenvalue weighted by Crippen LogP contribution is -2.04. The maximum absolute atomic E-state index is 14.1. The van der Waals surface area contributed by atoms with Gasteiger partial charge in [-0.15, -0.1) is 0 Å². The summed E-state index contributed by atoms with van der Waals surface area (Å²) < 4.78 is 17.4. The first-order valence-corrected chi connectivity index (χ1v) is 6.95. The molecule has 0 saturated heterocycles. The molecular formula is C14H22FN5. The Bertz CT molecular complexity index is 597. The van der Waals surface area contributed by atoms with E-state index in [1.54, 1.807) is 0 Å². The van der Waals surface area contributed by atoms with Gasteiger partial charge in [0.05, 0.1) is 17.1 Å². The highest BCUT2D eigenvalue weighted by atomic mass is 19.1. The van der Waals surface area contributed by atoms with Gasteiger partial charge in [0, 0.05) is 30.9 Å². The summed E-state index contributed by atoms with van der Waals surface area (Å²) >= 11 is 0. The van der Waals surface area contributed by atoms with Crippen LogP contribution >= 0.6 is 0 Å². The van der Waals surface area contributed by atoms with Crippen molar-refractivity contribution in [1.29, 1.82) is 0 Å². The lowest BCUT2D eigenvalue weighted by atomic mass is 10.2. The molecule has 0 spiro atoms. The quantitative estimate of drug-likeness (QED) is 0.915. The molecule has 0 aromatic carbocycles. The Balaban J connectivity index is 2.15. The Labute approximate surface area is 118 Å². The van der Waals surface area contributed by atoms with Gasteiger partial charge >= 0.3 is 0 Å². The molecule has 1 N–H and O–H groups in total. The molecule has 0 amide bonds. The Kier molecular flexibility index (Phi) is 4.11. The Morgan fingerprint density at radius 1 is 1.25 bits per heavy atom. The number of nitrogens with one attached hydrogen (secondary N) is 1. The van der Waals surface area contributed by atoms with Crippen LogP contribution in [-0.2, 0) is 13.1 Å². The van der Waals surface area contributed by atoms with Crippen molar-refractivity contribution in [3.63, 3.8) is 0 Å². The average Bonchev–Trinajstić information content (AvgIpc) is 2.89. The maximum Gasteiger partial charge on any atom is 0.216 e. The molecule has 2 aromatic rings. The normalized spacial score (nSPS) is 11.3. The number of hydrogen-bond donors (Lipinski definition) is 1. The zero-order valence-electron chi connectivity index (χ0n) is 12.7. The topological polar surface area (TPSA) is 47.7 Å². The molecule has 2 heterocycles. The number of aryl methyl sites for hydroxylation is 3. The Morgan fingerprint density at radius 2 is 1.95 bits per heavy atom. The molecule has 110 valence electrons. The van der Waals surface area contributed by atoms with E-state index in [1.807, 2.05) is 31.6 Å². The summed E-state index contributed by atoms with van der Waals surface area (Å²) in [7, 11) is 0. The van der Waals surface area contributed by atoms with Crippen LogP contribution in [0.3, 0.4) is 0 Å². The molecule has 0 aliphatic heterocycles. The third-order valence-electron chi connectivity index (χ3n) is 3.38. The van der Waals surface area contributed by atoms with Gasteiger partial charge in [0.2, 0.25) is 5.95 Å². The second kappa shape index (κ2) is 5.64. The first-order chi connectivity index (χ1) is 9.43. The highest BCUT2D eigenvalue weighted by Gasteiger charge is 2.15. The molecule has 0 saturated carbocycles. The van der Waals surface area contributed by atoms with Crippen molar-refractivity contribution in [2.24, 2.45) is 0 Å². The monoisotopic (exact) mass is 279 g/mol. The summed E-state index contributed by atoms with van der Waals surface area (Å²) in [5, 5.41) is 11.9. The van der Waals surface area contributed by atoms with E-state index in [2.05, 4.69) is 29.4 Å². The van der Waals surface area contributed by atoms with Crippen LogP contribution in [0.1, 0.15) is 43.8 Å². The number of nitrogens with zero attached hydrogens (tertiary/aromatic N) is 4. The van der Waals surface area contributed by atoms with Crippen molar-refractivity contribution in [3.8, 4) is 0 Å². The zero-order chi connectivity index (χ0) is 14.9. The summed E-state index contributed by atoms with van der Waals surface area (Å²) in [5.41, 5.74) is 3.19. The fourth-order valence-corrected chi connectivity index (χ4v) is 2.10. The summed E-state index contributed by atoms with van der Waals surface area (Å²) in [6.45, 7) is 10.8. The van der Waals surface area contributed by atoms with Gasteiger partial charge < -0.3 is 5.32 Å². The van der Waals surface area contributed by atoms with E-state index in [0.717, 1.165) is 17.1 Å². The van der Waals surface area contributed by atoms with E-state index in [9.17, 15) is 4.39 Å². The van der Waals surface area contributed by atoms with Gasteiger partial charge in [-0.05, 0) is 34.6 Å². The van der Waals surface area contributed by atoms with Crippen LogP contribution in [-0.4, -0.2) is 19.6 Å². The first-order valence-electron chi connectivity index (χ1n) is 6.95. The molecule has 6 heteroatoms. The molecule has 0 bridgehead atoms. The van der Waals surface area contributed by atoms with Gasteiger partial charge in [-0.3, -0.25) is 4.68 Å². The van der Waals surface area contributed by atoms with Crippen molar-refractivity contribution in [2.75, 3.05) is 5.32 Å². The highest BCUT2D eigenvalue weighted by molar-refractivity contribution is 5.46. The number of halogens is 1. The predicted molar refractivity (Wildman–Crippen MR) is 77.3 cm³/mol. The second-order valence-corrected chi connectivity index (χ2v) is 5.23. The fraction of sp³-hybridized carbons (Fsp3) is 0.571. The smallest absolute Gasteiger partial charge is 0.216 e. The number of rotatable bonds is 5. The van der Waals surface area contributed by atoms with E-state index < -0.39 is 0 Å². The molecule has 0 aliphatic carbocycles. The molecule has 0 fully saturated rings. The summed E-state index contributed by atoms with van der Waals surface area (Å²) in [6, 6.07) is 0.311. The molecule has 0 atom stereocenters. The minimum atomic E-state index is -0.258. The molecule has 0 unspecified atom stereocenters. The molecule has 2 rings (SSSR count). The third kappa shape index (κ3) is 2.69. The van der Waals surface area contributed by atoms with Crippen LogP contribution in [0.4, 0.5) is 10.1 Å². The second-order valence-electron chi connectivity index (χ2n) is 5.23. The number of aromatic nitrogens is 4. The van der Waals surface area contributed by atoms with E-state index in [1.165, 1.54) is 4.68 Å². The molecule has 20 heavy (non-hydrogen) atoms. The standard InChI is InChI=1S/C14H22FN5/c1-6-19-14(15)12(10(4)17-19)7-16-13-8-20(9(2)3)18-11(13)5/h8-9,16H,6-7H2,1-5H3. The van der Waals surface area contributed by atoms with Gasteiger partial charge in [0.1, 0.15) is 0 Å². The molecule has 2 aromatic heterocycles. The van der Waals surface area contributed by atoms with Crippen LogP contribution in [0.15, 0.2) is 6.20 Å². The molecule has 0 aliphatic rings. The lowest BCUT2D eigenvalue weighted by molar-refractivity contribution is 0.464. The minimum absolute atomic E-state index is 0.258. The third-order valence-corrected chi connectivity index (χ3v) is 3.38. The van der Waals surface area contributed by atoms with E-state index in [0.29, 0.717) is 24.7 Å². The highest BCUT2D eigenvalue weighted by Crippen LogP contribution is 2.19. The minimum Gasteiger partial charge on any atom is -0.378 e. The molecular weight excluding hydrogens is 257 g/mol. The SMILES string of the molecule is CCn1nc(C)c(CNc2cn(C(C)C)nc2C)c1F. The van der Waals surface area contributed by atoms with Crippen LogP contribution in [0.25, 0.3) is 0 Å². The van der Waals surface area contributed by atoms with Crippen LogP contribution < -0.4 is 5.32 Å². The number of anilines is 1. The van der Waals surface area contributed by atoms with E-state index in [4.69, 9.17) is 0 Å². The van der Waals surface area contributed by atoms with Gasteiger partial charge in [-0.2, -0.15) is 14.6 Å². The van der Waals surface area contributed by atoms with Gasteiger partial charge in [-0.1, -0.05) is 0 Å². The molecule has 5 nitrogen and oxygen atoms in total. The average molecular weight is 279 g/mol. The van der Waals surface area contributed by atoms with Crippen molar-refractivity contribution in [3.05, 3.63) is 29.1 Å². The maximum atomic E-state index is 14.1. The van der Waals surface area contributed by atoms with Crippen molar-refractivity contribution in [2.45, 2.75) is 53.8 Å². The van der Waals surface area contributed by atoms with E-state index >= 15 is 0 Å². The molecule has 0 radical (unpaired) electrons. The van der Waals surface area contributed by atoms with Crippen LogP contribution in [0.2, 0.25) is 0 Å². The Hall–Kier alpha value is -1.85. The fourth-order valence-electron chi connectivity index (χ4n) is 2.10. The van der Waals surface area contributed by atoms with Crippen molar-refractivity contribution < 1.29 is 4.39 Å². The van der Waals surface area contributed by atoms with Crippen molar-refractivity contribution >= 4 is 5.69 Å². The summed E-state index contributed by atoms with van der Waals surface area (Å²) in [5.74, 6) is -0.258. The van der Waals surface area contributed by atoms with Crippen LogP contribution in [0.5, 0.6) is 0 Å². The first kappa shape index (κ1) is 14.6. The Morgan fingerprint density at radius 3 is 2.45 bits per heavy atom.